The van der Waals surface area contributed by atoms with Gasteiger partial charge in [0, 0.05) is 24.8 Å². The lowest BCUT2D eigenvalue weighted by molar-refractivity contribution is 0.199. The lowest BCUT2D eigenvalue weighted by Crippen LogP contribution is -2.34. The largest absolute Gasteiger partial charge is 0.389 e. The third-order valence-electron chi connectivity index (χ3n) is 3.18. The fourth-order valence-corrected chi connectivity index (χ4v) is 1.67. The van der Waals surface area contributed by atoms with Gasteiger partial charge in [0.05, 0.1) is 6.10 Å². The molecule has 3 nitrogen and oxygen atoms in total. The normalized spacial score (nSPS) is 14.9. The summed E-state index contributed by atoms with van der Waals surface area (Å²) in [5.74, 6) is 1.42. The van der Waals surface area contributed by atoms with Gasteiger partial charge in [0.25, 0.3) is 0 Å². The van der Waals surface area contributed by atoms with Crippen molar-refractivity contribution in [1.82, 2.24) is 4.98 Å². The van der Waals surface area contributed by atoms with E-state index in [-0.39, 0.29) is 0 Å². The number of aliphatic hydroxyl groups is 1. The lowest BCUT2D eigenvalue weighted by atomic mass is 10.0. The summed E-state index contributed by atoms with van der Waals surface area (Å²) in [7, 11) is 2.03. The third-order valence-corrected chi connectivity index (χ3v) is 3.18. The van der Waals surface area contributed by atoms with Crippen molar-refractivity contribution in [3.05, 3.63) is 23.9 Å². The van der Waals surface area contributed by atoms with Gasteiger partial charge in [0.2, 0.25) is 0 Å². The Labute approximate surface area is 98.1 Å². The average molecular weight is 222 g/mol. The summed E-state index contributed by atoms with van der Waals surface area (Å²) in [6, 6.07) is 4.18. The zero-order chi connectivity index (χ0) is 12.3. The standard InChI is InChI=1S/C13H22N2O/c1-9(2)10(3)15(5)13-12(11(4)16)7-6-8-14-13/h6-11,16H,1-5H3/t10?,11-/m1/s1. The van der Waals surface area contributed by atoms with E-state index in [0.717, 1.165) is 11.4 Å². The van der Waals surface area contributed by atoms with Crippen molar-refractivity contribution in [2.75, 3.05) is 11.9 Å². The van der Waals surface area contributed by atoms with E-state index < -0.39 is 6.10 Å². The maximum atomic E-state index is 9.71. The smallest absolute Gasteiger partial charge is 0.134 e. The Kier molecular flexibility index (Phi) is 4.30. The predicted octanol–water partition coefficient (Wildman–Crippen LogP) is 2.62. The van der Waals surface area contributed by atoms with E-state index in [1.54, 1.807) is 13.1 Å². The molecule has 0 aliphatic carbocycles. The van der Waals surface area contributed by atoms with Crippen molar-refractivity contribution >= 4 is 5.82 Å². The molecule has 0 radical (unpaired) electrons. The molecular weight excluding hydrogens is 200 g/mol. The molecule has 2 atom stereocenters. The molecular formula is C13H22N2O. The maximum absolute atomic E-state index is 9.71. The molecule has 0 aliphatic rings. The van der Waals surface area contributed by atoms with Gasteiger partial charge in [-0.2, -0.15) is 0 Å². The van der Waals surface area contributed by atoms with Gasteiger partial charge in [-0.15, -0.1) is 0 Å². The third kappa shape index (κ3) is 2.73. The van der Waals surface area contributed by atoms with Crippen molar-refractivity contribution in [2.45, 2.75) is 39.8 Å². The molecule has 0 bridgehead atoms. The second-order valence-electron chi connectivity index (χ2n) is 4.69. The number of hydrogen-bond donors (Lipinski definition) is 1. The first-order valence-corrected chi connectivity index (χ1v) is 5.81. The summed E-state index contributed by atoms with van der Waals surface area (Å²) in [6.07, 6.45) is 1.29. The molecule has 1 aromatic heterocycles. The first kappa shape index (κ1) is 13.0. The van der Waals surface area contributed by atoms with E-state index in [4.69, 9.17) is 0 Å². The van der Waals surface area contributed by atoms with Gasteiger partial charge in [0.15, 0.2) is 0 Å². The number of anilines is 1. The Morgan fingerprint density at radius 1 is 1.25 bits per heavy atom. The van der Waals surface area contributed by atoms with Gasteiger partial charge >= 0.3 is 0 Å². The number of rotatable bonds is 4. The zero-order valence-electron chi connectivity index (χ0n) is 10.8. The summed E-state index contributed by atoms with van der Waals surface area (Å²) in [6.45, 7) is 8.32. The van der Waals surface area contributed by atoms with Gasteiger partial charge in [-0.3, -0.25) is 0 Å². The van der Waals surface area contributed by atoms with Crippen LogP contribution in [0.3, 0.4) is 0 Å². The van der Waals surface area contributed by atoms with E-state index in [1.807, 2.05) is 19.2 Å². The van der Waals surface area contributed by atoms with Crippen molar-refractivity contribution in [1.29, 1.82) is 0 Å². The molecule has 1 heterocycles. The summed E-state index contributed by atoms with van der Waals surface area (Å²) in [5, 5.41) is 9.71. The van der Waals surface area contributed by atoms with Crippen molar-refractivity contribution in [3.8, 4) is 0 Å². The van der Waals surface area contributed by atoms with Crippen LogP contribution in [0.15, 0.2) is 18.3 Å². The van der Waals surface area contributed by atoms with E-state index in [1.165, 1.54) is 0 Å². The maximum Gasteiger partial charge on any atom is 0.134 e. The zero-order valence-corrected chi connectivity index (χ0v) is 10.8. The van der Waals surface area contributed by atoms with E-state index in [9.17, 15) is 5.11 Å². The van der Waals surface area contributed by atoms with E-state index in [0.29, 0.717) is 12.0 Å². The monoisotopic (exact) mass is 222 g/mol. The average Bonchev–Trinajstić information content (AvgIpc) is 2.26. The summed E-state index contributed by atoms with van der Waals surface area (Å²) in [4.78, 5) is 6.50. The number of hydrogen-bond acceptors (Lipinski definition) is 3. The molecule has 0 fully saturated rings. The first-order valence-electron chi connectivity index (χ1n) is 5.81. The highest BCUT2D eigenvalue weighted by Gasteiger charge is 2.18. The lowest BCUT2D eigenvalue weighted by Gasteiger charge is -2.30. The first-order chi connectivity index (χ1) is 7.45. The van der Waals surface area contributed by atoms with Gasteiger partial charge in [-0.05, 0) is 25.8 Å². The highest BCUT2D eigenvalue weighted by atomic mass is 16.3. The van der Waals surface area contributed by atoms with Crippen LogP contribution in [0.2, 0.25) is 0 Å². The van der Waals surface area contributed by atoms with Crippen LogP contribution in [0, 0.1) is 5.92 Å². The summed E-state index contributed by atoms with van der Waals surface area (Å²) in [5.41, 5.74) is 0.887. The topological polar surface area (TPSA) is 36.4 Å². The molecule has 3 heteroatoms. The Morgan fingerprint density at radius 3 is 2.38 bits per heavy atom. The quantitative estimate of drug-likeness (QED) is 0.850. The van der Waals surface area contributed by atoms with Crippen molar-refractivity contribution in [3.63, 3.8) is 0 Å². The Hall–Kier alpha value is -1.09. The fourth-order valence-electron chi connectivity index (χ4n) is 1.67. The van der Waals surface area contributed by atoms with Crippen molar-refractivity contribution in [2.24, 2.45) is 5.92 Å². The molecule has 1 aromatic rings. The fraction of sp³-hybridized carbons (Fsp3) is 0.615. The van der Waals surface area contributed by atoms with E-state index >= 15 is 0 Å². The molecule has 0 saturated carbocycles. The SMILES string of the molecule is CC(C)C(C)N(C)c1ncccc1[C@@H](C)O. The summed E-state index contributed by atoms with van der Waals surface area (Å²) < 4.78 is 0. The predicted molar refractivity (Wildman–Crippen MR) is 67.6 cm³/mol. The Balaban J connectivity index is 3.03. The second-order valence-corrected chi connectivity index (χ2v) is 4.69. The van der Waals surface area contributed by atoms with Crippen LogP contribution < -0.4 is 4.90 Å². The molecule has 0 aliphatic heterocycles. The van der Waals surface area contributed by atoms with Crippen LogP contribution in [-0.4, -0.2) is 23.2 Å². The Bertz CT molecular complexity index is 336. The minimum Gasteiger partial charge on any atom is -0.389 e. The van der Waals surface area contributed by atoms with Crippen LogP contribution in [0.5, 0.6) is 0 Å². The molecule has 1 N–H and O–H groups in total. The second kappa shape index (κ2) is 5.30. The molecule has 0 amide bonds. The van der Waals surface area contributed by atoms with Crippen molar-refractivity contribution < 1.29 is 5.11 Å². The minimum absolute atomic E-state index is 0.396. The molecule has 0 spiro atoms. The molecule has 0 saturated heterocycles. The number of nitrogens with zero attached hydrogens (tertiary/aromatic N) is 2. The van der Waals surface area contributed by atoms with Crippen LogP contribution >= 0.6 is 0 Å². The highest BCUT2D eigenvalue weighted by Crippen LogP contribution is 2.25. The molecule has 90 valence electrons. The number of aliphatic hydroxyl groups excluding tert-OH is 1. The van der Waals surface area contributed by atoms with Gasteiger partial charge in [-0.1, -0.05) is 19.9 Å². The van der Waals surface area contributed by atoms with Crippen LogP contribution in [0.25, 0.3) is 0 Å². The highest BCUT2D eigenvalue weighted by molar-refractivity contribution is 5.47. The molecule has 1 unspecified atom stereocenters. The van der Waals surface area contributed by atoms with Gasteiger partial charge in [-0.25, -0.2) is 4.98 Å². The molecule has 1 rings (SSSR count). The van der Waals surface area contributed by atoms with Gasteiger partial charge in [0.1, 0.15) is 5.82 Å². The molecule has 0 aromatic carbocycles. The van der Waals surface area contributed by atoms with E-state index in [2.05, 4.69) is 30.7 Å². The minimum atomic E-state index is -0.481. The number of aromatic nitrogens is 1. The van der Waals surface area contributed by atoms with Crippen LogP contribution in [-0.2, 0) is 0 Å². The van der Waals surface area contributed by atoms with Crippen LogP contribution in [0.1, 0.15) is 39.4 Å². The number of pyridine rings is 1. The van der Waals surface area contributed by atoms with Gasteiger partial charge < -0.3 is 10.0 Å². The molecule has 16 heavy (non-hydrogen) atoms. The summed E-state index contributed by atoms with van der Waals surface area (Å²) >= 11 is 0. The Morgan fingerprint density at radius 2 is 1.88 bits per heavy atom. The van der Waals surface area contributed by atoms with Crippen LogP contribution in [0.4, 0.5) is 5.82 Å².